The molecule has 4 N–H and O–H groups in total. The number of ether oxygens (including phenoxy) is 1. The summed E-state index contributed by atoms with van der Waals surface area (Å²) in [7, 11) is 1.59. The van der Waals surface area contributed by atoms with Gasteiger partial charge in [-0.15, -0.1) is 11.3 Å². The number of carbonyl (C=O) groups excluding carboxylic acids is 2. The Bertz CT molecular complexity index is 1020. The molecule has 2 amide bonds. The van der Waals surface area contributed by atoms with Gasteiger partial charge in [-0.2, -0.15) is 0 Å². The first-order valence-corrected chi connectivity index (χ1v) is 8.92. The molecule has 7 nitrogen and oxygen atoms in total. The molecule has 27 heavy (non-hydrogen) atoms. The van der Waals surface area contributed by atoms with Crippen LogP contribution in [0.2, 0.25) is 0 Å². The number of thiazole rings is 1. The number of H-pyrrole nitrogens is 1. The van der Waals surface area contributed by atoms with Crippen molar-refractivity contribution in [2.24, 2.45) is 5.73 Å². The molecule has 0 aliphatic heterocycles. The minimum atomic E-state index is -0.540. The number of anilines is 1. The molecule has 3 rings (SSSR count). The summed E-state index contributed by atoms with van der Waals surface area (Å²) < 4.78 is 5.29. The highest BCUT2D eigenvalue weighted by atomic mass is 32.1. The van der Waals surface area contributed by atoms with E-state index in [-0.39, 0.29) is 5.91 Å². The highest BCUT2D eigenvalue weighted by Crippen LogP contribution is 2.26. The van der Waals surface area contributed by atoms with Crippen molar-refractivity contribution >= 4 is 34.4 Å². The average Bonchev–Trinajstić information content (AvgIpc) is 3.29. The van der Waals surface area contributed by atoms with Gasteiger partial charge in [-0.3, -0.25) is 14.9 Å². The normalized spacial score (nSPS) is 10.9. The molecule has 138 valence electrons. The van der Waals surface area contributed by atoms with Crippen molar-refractivity contribution in [3.05, 3.63) is 58.7 Å². The number of nitrogens with one attached hydrogen (secondary N) is 2. The van der Waals surface area contributed by atoms with Crippen LogP contribution in [0, 0.1) is 6.92 Å². The summed E-state index contributed by atoms with van der Waals surface area (Å²) in [5.41, 5.74) is 8.78. The minimum absolute atomic E-state index is 0.300. The third-order valence-corrected chi connectivity index (χ3v) is 4.54. The van der Waals surface area contributed by atoms with Crippen LogP contribution in [0.25, 0.3) is 17.3 Å². The van der Waals surface area contributed by atoms with Gasteiger partial charge in [0.1, 0.15) is 11.4 Å². The second-order valence-corrected chi connectivity index (χ2v) is 6.63. The molecule has 0 fully saturated rings. The summed E-state index contributed by atoms with van der Waals surface area (Å²) in [4.78, 5) is 30.5. The largest absolute Gasteiger partial charge is 0.496 e. The van der Waals surface area contributed by atoms with E-state index in [1.807, 2.05) is 25.1 Å². The SMILES string of the molecule is COc1ccc(C)cc1/C=C/C(=O)Nc1nc(-c2c[nH]c(C(N)=O)c2)cs1. The van der Waals surface area contributed by atoms with Gasteiger partial charge < -0.3 is 15.5 Å². The van der Waals surface area contributed by atoms with Gasteiger partial charge >= 0.3 is 0 Å². The van der Waals surface area contributed by atoms with Crippen molar-refractivity contribution in [3.63, 3.8) is 0 Å². The zero-order valence-electron chi connectivity index (χ0n) is 14.8. The number of aromatic amines is 1. The molecule has 0 saturated carbocycles. The number of carbonyl (C=O) groups is 2. The van der Waals surface area contributed by atoms with Gasteiger partial charge in [0.2, 0.25) is 5.91 Å². The molecule has 2 heterocycles. The zero-order chi connectivity index (χ0) is 19.4. The van der Waals surface area contributed by atoms with Crippen LogP contribution < -0.4 is 15.8 Å². The highest BCUT2D eigenvalue weighted by molar-refractivity contribution is 7.14. The lowest BCUT2D eigenvalue weighted by molar-refractivity contribution is -0.111. The van der Waals surface area contributed by atoms with Crippen LogP contribution in [0.3, 0.4) is 0 Å². The first kappa shape index (κ1) is 18.4. The number of hydrogen-bond donors (Lipinski definition) is 3. The van der Waals surface area contributed by atoms with Crippen molar-refractivity contribution in [2.75, 3.05) is 12.4 Å². The average molecular weight is 382 g/mol. The topological polar surface area (TPSA) is 110 Å². The Morgan fingerprint density at radius 1 is 1.33 bits per heavy atom. The van der Waals surface area contributed by atoms with Crippen molar-refractivity contribution < 1.29 is 14.3 Å². The Balaban J connectivity index is 1.69. The molecule has 0 atom stereocenters. The fourth-order valence-electron chi connectivity index (χ4n) is 2.44. The molecule has 1 aromatic carbocycles. The van der Waals surface area contributed by atoms with Crippen molar-refractivity contribution in [1.29, 1.82) is 0 Å². The molecule has 8 heteroatoms. The van der Waals surface area contributed by atoms with E-state index in [1.54, 1.807) is 30.8 Å². The number of hydrogen-bond acceptors (Lipinski definition) is 5. The quantitative estimate of drug-likeness (QED) is 0.569. The summed E-state index contributed by atoms with van der Waals surface area (Å²) in [5.74, 6) is -0.146. The number of aromatic nitrogens is 2. The Morgan fingerprint density at radius 2 is 2.15 bits per heavy atom. The third-order valence-electron chi connectivity index (χ3n) is 3.78. The zero-order valence-corrected chi connectivity index (χ0v) is 15.6. The number of primary amides is 1. The molecule has 0 saturated heterocycles. The predicted molar refractivity (Wildman–Crippen MR) is 106 cm³/mol. The smallest absolute Gasteiger partial charge is 0.265 e. The highest BCUT2D eigenvalue weighted by Gasteiger charge is 2.10. The first-order chi connectivity index (χ1) is 13.0. The summed E-state index contributed by atoms with van der Waals surface area (Å²) in [5, 5.41) is 4.97. The number of benzene rings is 1. The van der Waals surface area contributed by atoms with Crippen molar-refractivity contribution in [3.8, 4) is 17.0 Å². The lowest BCUT2D eigenvalue weighted by Gasteiger charge is -2.05. The van der Waals surface area contributed by atoms with Crippen molar-refractivity contribution in [1.82, 2.24) is 9.97 Å². The van der Waals surface area contributed by atoms with E-state index in [2.05, 4.69) is 15.3 Å². The number of aryl methyl sites for hydroxylation is 1. The van der Waals surface area contributed by atoms with E-state index in [4.69, 9.17) is 10.5 Å². The maximum atomic E-state index is 12.2. The van der Waals surface area contributed by atoms with Crippen molar-refractivity contribution in [2.45, 2.75) is 6.92 Å². The number of rotatable bonds is 6. The molecule has 0 aliphatic rings. The van der Waals surface area contributed by atoms with Gasteiger partial charge in [-0.1, -0.05) is 11.6 Å². The second-order valence-electron chi connectivity index (χ2n) is 5.77. The van der Waals surface area contributed by atoms with E-state index in [9.17, 15) is 9.59 Å². The molecule has 3 aromatic rings. The standard InChI is InChI=1S/C19H18N4O3S/c1-11-3-5-16(26-2)12(7-11)4-6-17(24)23-19-22-15(10-27-19)13-8-14(18(20)25)21-9-13/h3-10,21H,1-2H3,(H2,20,25)(H,22,23,24)/b6-4+. The Kier molecular flexibility index (Phi) is 5.37. The van der Waals surface area contributed by atoms with E-state index in [0.29, 0.717) is 22.3 Å². The lowest BCUT2D eigenvalue weighted by atomic mass is 10.1. The third kappa shape index (κ3) is 4.42. The van der Waals surface area contributed by atoms with Crippen LogP contribution in [0.4, 0.5) is 5.13 Å². The second kappa shape index (κ2) is 7.88. The number of nitrogens with two attached hydrogens (primary N) is 1. The van der Waals surface area contributed by atoms with E-state index >= 15 is 0 Å². The Morgan fingerprint density at radius 3 is 2.85 bits per heavy atom. The van der Waals surface area contributed by atoms with Gasteiger partial charge in [0.15, 0.2) is 5.13 Å². The number of methoxy groups -OCH3 is 1. The van der Waals surface area contributed by atoms with E-state index in [0.717, 1.165) is 16.7 Å². The Hall–Kier alpha value is -3.39. The van der Waals surface area contributed by atoms with E-state index in [1.165, 1.54) is 17.4 Å². The molecule has 0 aliphatic carbocycles. The minimum Gasteiger partial charge on any atom is -0.496 e. The van der Waals surface area contributed by atoms with Gasteiger partial charge in [-0.05, 0) is 31.2 Å². The van der Waals surface area contributed by atoms with Gasteiger partial charge in [0.05, 0.1) is 12.8 Å². The summed E-state index contributed by atoms with van der Waals surface area (Å²) in [6.07, 6.45) is 4.77. The Labute approximate surface area is 159 Å². The molecule has 0 spiro atoms. The van der Waals surface area contributed by atoms with Crippen LogP contribution >= 0.6 is 11.3 Å². The lowest BCUT2D eigenvalue weighted by Crippen LogP contribution is -2.10. The first-order valence-electron chi connectivity index (χ1n) is 8.04. The summed E-state index contributed by atoms with van der Waals surface area (Å²) in [6.45, 7) is 1.97. The fourth-order valence-corrected chi connectivity index (χ4v) is 3.17. The van der Waals surface area contributed by atoms with Crippen LogP contribution in [-0.4, -0.2) is 28.9 Å². The molecular weight excluding hydrogens is 364 g/mol. The van der Waals surface area contributed by atoms with Crippen LogP contribution in [0.15, 0.2) is 41.9 Å². The van der Waals surface area contributed by atoms with Gasteiger partial charge in [0.25, 0.3) is 5.91 Å². The number of amides is 2. The fraction of sp³-hybridized carbons (Fsp3) is 0.105. The van der Waals surface area contributed by atoms with Gasteiger partial charge in [0, 0.05) is 28.8 Å². The van der Waals surface area contributed by atoms with Crippen LogP contribution in [0.1, 0.15) is 21.6 Å². The van der Waals surface area contributed by atoms with Crippen LogP contribution in [-0.2, 0) is 4.79 Å². The van der Waals surface area contributed by atoms with E-state index < -0.39 is 5.91 Å². The molecule has 2 aromatic heterocycles. The maximum Gasteiger partial charge on any atom is 0.265 e. The molecule has 0 unspecified atom stereocenters. The molecular formula is C19H18N4O3S. The van der Waals surface area contributed by atoms with Crippen LogP contribution in [0.5, 0.6) is 5.75 Å². The summed E-state index contributed by atoms with van der Waals surface area (Å²) >= 11 is 1.29. The molecule has 0 radical (unpaired) electrons. The van der Waals surface area contributed by atoms with Gasteiger partial charge in [-0.25, -0.2) is 4.98 Å². The summed E-state index contributed by atoms with van der Waals surface area (Å²) in [6, 6.07) is 7.36. The monoisotopic (exact) mass is 382 g/mol. The molecule has 0 bridgehead atoms. The maximum absolute atomic E-state index is 12.2. The number of nitrogens with zero attached hydrogens (tertiary/aromatic N) is 1. The predicted octanol–water partition coefficient (Wildman–Crippen LogP) is 3.21.